The third-order valence-corrected chi connectivity index (χ3v) is 6.73. The van der Waals surface area contributed by atoms with Crippen molar-refractivity contribution in [3.63, 3.8) is 0 Å². The van der Waals surface area contributed by atoms with Crippen LogP contribution >= 0.6 is 0 Å². The molecule has 1 aromatic rings. The van der Waals surface area contributed by atoms with Crippen molar-refractivity contribution in [2.45, 2.75) is 64.5 Å². The summed E-state index contributed by atoms with van der Waals surface area (Å²) in [6.45, 7) is 6.36. The number of fused-ring (bicyclic) bond motifs is 1. The monoisotopic (exact) mass is 313 g/mol. The lowest BCUT2D eigenvalue weighted by Gasteiger charge is -2.65. The number of benzene rings is 1. The maximum atomic E-state index is 5.52. The molecule has 4 bridgehead atoms. The second-order valence-corrected chi connectivity index (χ2v) is 9.45. The molecule has 4 saturated carbocycles. The van der Waals surface area contributed by atoms with Crippen LogP contribution in [0.1, 0.15) is 57.9 Å². The zero-order valence-electron chi connectivity index (χ0n) is 14.3. The largest absolute Gasteiger partial charge is 0.454 e. The third kappa shape index (κ3) is 2.27. The van der Waals surface area contributed by atoms with Crippen LogP contribution < -0.4 is 14.8 Å². The molecule has 23 heavy (non-hydrogen) atoms. The summed E-state index contributed by atoms with van der Waals surface area (Å²) in [6, 6.07) is 6.35. The zero-order valence-corrected chi connectivity index (χ0v) is 14.3. The quantitative estimate of drug-likeness (QED) is 0.904. The van der Waals surface area contributed by atoms with Gasteiger partial charge in [-0.3, -0.25) is 0 Å². The molecule has 0 radical (unpaired) electrons. The fourth-order valence-electron chi connectivity index (χ4n) is 6.99. The van der Waals surface area contributed by atoms with Crippen molar-refractivity contribution in [2.24, 2.45) is 16.7 Å². The topological polar surface area (TPSA) is 30.5 Å². The number of nitrogens with one attached hydrogen (secondary N) is 1. The van der Waals surface area contributed by atoms with Crippen molar-refractivity contribution < 1.29 is 9.47 Å². The Labute approximate surface area is 138 Å². The van der Waals surface area contributed by atoms with Gasteiger partial charge in [-0.25, -0.2) is 0 Å². The van der Waals surface area contributed by atoms with Crippen LogP contribution in [0.5, 0.6) is 11.5 Å². The molecule has 1 heterocycles. The molecule has 4 fully saturated rings. The summed E-state index contributed by atoms with van der Waals surface area (Å²) >= 11 is 0. The van der Waals surface area contributed by atoms with Gasteiger partial charge >= 0.3 is 0 Å². The predicted molar refractivity (Wildman–Crippen MR) is 89.5 cm³/mol. The van der Waals surface area contributed by atoms with Crippen LogP contribution in [0.3, 0.4) is 0 Å². The summed E-state index contributed by atoms with van der Waals surface area (Å²) in [5.74, 6) is 2.71. The summed E-state index contributed by atoms with van der Waals surface area (Å²) < 4.78 is 10.9. The Morgan fingerprint density at radius 2 is 1.74 bits per heavy atom. The SMILES string of the molecule is C[C@]12CC3CC(NCc4ccc5c(c4)OCO5)(C1)C[C@@](C)(C3)C2. The molecule has 4 aliphatic carbocycles. The third-order valence-electron chi connectivity index (χ3n) is 6.73. The summed E-state index contributed by atoms with van der Waals surface area (Å²) in [4.78, 5) is 0. The van der Waals surface area contributed by atoms with Gasteiger partial charge in [-0.2, -0.15) is 0 Å². The molecule has 3 heteroatoms. The van der Waals surface area contributed by atoms with E-state index in [1.807, 2.05) is 6.07 Å². The Morgan fingerprint density at radius 3 is 2.48 bits per heavy atom. The van der Waals surface area contributed by atoms with Crippen LogP contribution in [-0.4, -0.2) is 12.3 Å². The number of ether oxygens (including phenoxy) is 2. The predicted octanol–water partition coefficient (Wildman–Crippen LogP) is 4.25. The summed E-state index contributed by atoms with van der Waals surface area (Å²) in [5.41, 5.74) is 2.80. The second-order valence-electron chi connectivity index (χ2n) is 9.45. The van der Waals surface area contributed by atoms with Gasteiger partial charge < -0.3 is 14.8 Å². The minimum Gasteiger partial charge on any atom is -0.454 e. The number of rotatable bonds is 3. The highest BCUT2D eigenvalue weighted by atomic mass is 16.7. The molecule has 5 aliphatic rings. The average molecular weight is 313 g/mol. The Morgan fingerprint density at radius 1 is 1.00 bits per heavy atom. The minimum absolute atomic E-state index is 0.356. The molecule has 1 N–H and O–H groups in total. The van der Waals surface area contributed by atoms with Crippen molar-refractivity contribution >= 4 is 0 Å². The molecule has 6 rings (SSSR count). The zero-order chi connectivity index (χ0) is 15.7. The minimum atomic E-state index is 0.356. The first kappa shape index (κ1) is 14.2. The van der Waals surface area contributed by atoms with E-state index >= 15 is 0 Å². The van der Waals surface area contributed by atoms with E-state index < -0.39 is 0 Å². The van der Waals surface area contributed by atoms with Gasteiger partial charge in [0.05, 0.1) is 0 Å². The molecule has 2 unspecified atom stereocenters. The fraction of sp³-hybridized carbons (Fsp3) is 0.700. The molecule has 1 aromatic carbocycles. The van der Waals surface area contributed by atoms with Crippen LogP contribution in [0.2, 0.25) is 0 Å². The molecule has 0 aromatic heterocycles. The molecular weight excluding hydrogens is 286 g/mol. The Hall–Kier alpha value is -1.22. The van der Waals surface area contributed by atoms with Crippen LogP contribution in [-0.2, 0) is 6.54 Å². The first-order valence-electron chi connectivity index (χ1n) is 9.09. The second kappa shape index (κ2) is 4.44. The molecule has 124 valence electrons. The lowest BCUT2D eigenvalue weighted by Crippen LogP contribution is -2.63. The molecule has 0 saturated heterocycles. The van der Waals surface area contributed by atoms with E-state index in [2.05, 4.69) is 31.3 Å². The first-order valence-corrected chi connectivity index (χ1v) is 9.09. The summed E-state index contributed by atoms with van der Waals surface area (Å²) in [5, 5.41) is 3.99. The standard InChI is InChI=1S/C20H27NO2/c1-18-6-15-7-19(2,10-18)12-20(8-15,11-18)21-9-14-3-4-16-17(5-14)23-13-22-16/h3-5,15,21H,6-13H2,1-2H3/t15?,18-,19+,20?. The smallest absolute Gasteiger partial charge is 0.231 e. The molecule has 0 spiro atoms. The highest BCUT2D eigenvalue weighted by molar-refractivity contribution is 5.44. The lowest BCUT2D eigenvalue weighted by atomic mass is 9.43. The lowest BCUT2D eigenvalue weighted by molar-refractivity contribution is -0.118. The number of hydrogen-bond acceptors (Lipinski definition) is 3. The van der Waals surface area contributed by atoms with E-state index in [1.54, 1.807) is 0 Å². The molecule has 0 amide bonds. The van der Waals surface area contributed by atoms with Gasteiger partial charge in [0.2, 0.25) is 6.79 Å². The van der Waals surface area contributed by atoms with Gasteiger partial charge in [0.1, 0.15) is 0 Å². The van der Waals surface area contributed by atoms with E-state index in [0.29, 0.717) is 23.2 Å². The normalized spacial score (nSPS) is 43.1. The Balaban J connectivity index is 1.36. The average Bonchev–Trinajstić information content (AvgIpc) is 2.88. The van der Waals surface area contributed by atoms with E-state index in [9.17, 15) is 0 Å². The van der Waals surface area contributed by atoms with Crippen LogP contribution in [0.25, 0.3) is 0 Å². The van der Waals surface area contributed by atoms with Crippen molar-refractivity contribution in [3.05, 3.63) is 23.8 Å². The van der Waals surface area contributed by atoms with Crippen molar-refractivity contribution in [3.8, 4) is 11.5 Å². The maximum Gasteiger partial charge on any atom is 0.231 e. The maximum absolute atomic E-state index is 5.52. The summed E-state index contributed by atoms with van der Waals surface area (Å²) in [7, 11) is 0. The van der Waals surface area contributed by atoms with Gasteiger partial charge in [-0.05, 0) is 73.0 Å². The van der Waals surface area contributed by atoms with E-state index in [-0.39, 0.29) is 0 Å². The highest BCUT2D eigenvalue weighted by Crippen LogP contribution is 2.66. The van der Waals surface area contributed by atoms with Crippen LogP contribution in [0.4, 0.5) is 0 Å². The van der Waals surface area contributed by atoms with Gasteiger partial charge in [-0.15, -0.1) is 0 Å². The molecule has 1 aliphatic heterocycles. The van der Waals surface area contributed by atoms with E-state index in [4.69, 9.17) is 9.47 Å². The van der Waals surface area contributed by atoms with Gasteiger partial charge in [0.25, 0.3) is 0 Å². The van der Waals surface area contributed by atoms with E-state index in [0.717, 1.165) is 24.0 Å². The Kier molecular flexibility index (Phi) is 2.73. The first-order chi connectivity index (χ1) is 11.0. The number of hydrogen-bond donors (Lipinski definition) is 1. The van der Waals surface area contributed by atoms with Gasteiger partial charge in [-0.1, -0.05) is 19.9 Å². The highest BCUT2D eigenvalue weighted by Gasteiger charge is 2.59. The fourth-order valence-corrected chi connectivity index (χ4v) is 6.99. The van der Waals surface area contributed by atoms with Gasteiger partial charge in [0, 0.05) is 12.1 Å². The molecular formula is C20H27NO2. The van der Waals surface area contributed by atoms with Crippen LogP contribution in [0, 0.1) is 16.7 Å². The van der Waals surface area contributed by atoms with Gasteiger partial charge in [0.15, 0.2) is 11.5 Å². The Bertz CT molecular complexity index is 637. The van der Waals surface area contributed by atoms with Crippen molar-refractivity contribution in [2.75, 3.05) is 6.79 Å². The van der Waals surface area contributed by atoms with Crippen molar-refractivity contribution in [1.82, 2.24) is 5.32 Å². The summed E-state index contributed by atoms with van der Waals surface area (Å²) in [6.07, 6.45) is 8.44. The van der Waals surface area contributed by atoms with E-state index in [1.165, 1.54) is 44.1 Å². The molecule has 3 nitrogen and oxygen atoms in total. The molecule has 4 atom stereocenters. The van der Waals surface area contributed by atoms with Crippen molar-refractivity contribution in [1.29, 1.82) is 0 Å². The van der Waals surface area contributed by atoms with Crippen LogP contribution in [0.15, 0.2) is 18.2 Å².